The second-order valence-corrected chi connectivity index (χ2v) is 7.34. The smallest absolute Gasteiger partial charge is 0.227 e. The van der Waals surface area contributed by atoms with Crippen molar-refractivity contribution < 1.29 is 9.84 Å². The molecule has 1 fully saturated rings. The number of hydrogen-bond donors (Lipinski definition) is 2. The molecule has 2 aromatic carbocycles. The quantitative estimate of drug-likeness (QED) is 0.648. The van der Waals surface area contributed by atoms with Gasteiger partial charge in [0.05, 0.1) is 17.4 Å². The summed E-state index contributed by atoms with van der Waals surface area (Å²) in [6.07, 6.45) is 2.01. The molecule has 1 atom stereocenters. The van der Waals surface area contributed by atoms with E-state index in [4.69, 9.17) is 10.00 Å². The molecule has 7 nitrogen and oxygen atoms in total. The average molecular weight is 401 g/mol. The third-order valence-electron chi connectivity index (χ3n) is 5.47. The molecule has 7 heteroatoms. The maximum atomic E-state index is 9.70. The molecular formula is C23H23N5O2. The first kappa shape index (κ1) is 19.8. The number of nitriles is 1. The lowest BCUT2D eigenvalue weighted by molar-refractivity contribution is -0.0479. The van der Waals surface area contributed by atoms with Gasteiger partial charge in [0.2, 0.25) is 5.95 Å². The molecule has 1 saturated heterocycles. The fourth-order valence-corrected chi connectivity index (χ4v) is 3.48. The summed E-state index contributed by atoms with van der Waals surface area (Å²) in [6, 6.07) is 17.2. The zero-order valence-corrected chi connectivity index (χ0v) is 16.9. The van der Waals surface area contributed by atoms with Crippen LogP contribution in [0.5, 0.6) is 5.75 Å². The summed E-state index contributed by atoms with van der Waals surface area (Å²) in [5.74, 6) is 0.421. The maximum Gasteiger partial charge on any atom is 0.227 e. The van der Waals surface area contributed by atoms with Crippen molar-refractivity contribution in [2.75, 3.05) is 25.5 Å². The number of aromatic nitrogens is 2. The normalized spacial score (nSPS) is 15.2. The lowest BCUT2D eigenvalue weighted by Gasteiger charge is -2.42. The largest absolute Gasteiger partial charge is 0.507 e. The summed E-state index contributed by atoms with van der Waals surface area (Å²) < 4.78 is 5.35. The van der Waals surface area contributed by atoms with Crippen molar-refractivity contribution in [2.24, 2.45) is 0 Å². The molecule has 4 rings (SSSR count). The Kier molecular flexibility index (Phi) is 5.61. The van der Waals surface area contributed by atoms with Gasteiger partial charge in [-0.1, -0.05) is 12.1 Å². The minimum absolute atomic E-state index is 0.0426. The van der Waals surface area contributed by atoms with Gasteiger partial charge in [-0.25, -0.2) is 9.97 Å². The second kappa shape index (κ2) is 8.49. The Morgan fingerprint density at radius 2 is 1.97 bits per heavy atom. The first-order valence-electron chi connectivity index (χ1n) is 9.77. The molecule has 0 bridgehead atoms. The van der Waals surface area contributed by atoms with Crippen LogP contribution in [-0.4, -0.2) is 46.3 Å². The molecule has 1 aliphatic heterocycles. The van der Waals surface area contributed by atoms with Crippen molar-refractivity contribution in [3.8, 4) is 23.1 Å². The van der Waals surface area contributed by atoms with Gasteiger partial charge in [0, 0.05) is 43.7 Å². The Labute approximate surface area is 175 Å². The third kappa shape index (κ3) is 4.10. The molecule has 152 valence electrons. The van der Waals surface area contributed by atoms with Gasteiger partial charge in [-0.05, 0) is 48.9 Å². The monoisotopic (exact) mass is 401 g/mol. The van der Waals surface area contributed by atoms with Crippen molar-refractivity contribution in [3.63, 3.8) is 0 Å². The summed E-state index contributed by atoms with van der Waals surface area (Å²) in [5.41, 5.74) is 3.76. The minimum atomic E-state index is -0.0426. The number of nitrogens with one attached hydrogen (secondary N) is 1. The van der Waals surface area contributed by atoms with Gasteiger partial charge in [0.25, 0.3) is 0 Å². The van der Waals surface area contributed by atoms with E-state index in [-0.39, 0.29) is 11.3 Å². The highest BCUT2D eigenvalue weighted by Gasteiger charge is 2.30. The number of anilines is 2. The molecule has 2 heterocycles. The van der Waals surface area contributed by atoms with E-state index in [9.17, 15) is 5.11 Å². The molecular weight excluding hydrogens is 378 g/mol. The fraction of sp³-hybridized carbons (Fsp3) is 0.261. The molecule has 0 radical (unpaired) electrons. The molecule has 3 aromatic rings. The molecule has 1 aromatic heterocycles. The number of likely N-dealkylation sites (tertiary alicyclic amines) is 1. The predicted molar refractivity (Wildman–Crippen MR) is 114 cm³/mol. The Morgan fingerprint density at radius 1 is 1.20 bits per heavy atom. The van der Waals surface area contributed by atoms with Crippen LogP contribution in [0.25, 0.3) is 11.3 Å². The number of ether oxygens (including phenoxy) is 1. The van der Waals surface area contributed by atoms with Crippen molar-refractivity contribution in [1.82, 2.24) is 14.9 Å². The van der Waals surface area contributed by atoms with Crippen LogP contribution < -0.4 is 5.32 Å². The van der Waals surface area contributed by atoms with Crippen molar-refractivity contribution in [1.29, 1.82) is 5.26 Å². The maximum absolute atomic E-state index is 9.70. The zero-order chi connectivity index (χ0) is 21.1. The number of phenols is 1. The third-order valence-corrected chi connectivity index (χ3v) is 5.47. The Bertz CT molecular complexity index is 1070. The number of hydrogen-bond acceptors (Lipinski definition) is 7. The van der Waals surface area contributed by atoms with Gasteiger partial charge in [0.15, 0.2) is 0 Å². The summed E-state index contributed by atoms with van der Waals surface area (Å²) >= 11 is 0. The predicted octanol–water partition coefficient (Wildman–Crippen LogP) is 3.86. The molecule has 0 amide bonds. The van der Waals surface area contributed by atoms with Crippen LogP contribution >= 0.6 is 0 Å². The summed E-state index contributed by atoms with van der Waals surface area (Å²) in [6.45, 7) is 4.13. The van der Waals surface area contributed by atoms with Crippen LogP contribution in [0, 0.1) is 11.3 Å². The Balaban J connectivity index is 1.46. The van der Waals surface area contributed by atoms with Crippen molar-refractivity contribution in [3.05, 3.63) is 65.9 Å². The molecule has 0 spiro atoms. The van der Waals surface area contributed by atoms with Crippen LogP contribution in [-0.2, 0) is 4.74 Å². The molecule has 0 aliphatic carbocycles. The van der Waals surface area contributed by atoms with Crippen LogP contribution in [0.2, 0.25) is 0 Å². The molecule has 0 saturated carbocycles. The number of benzene rings is 2. The Morgan fingerprint density at radius 3 is 2.67 bits per heavy atom. The molecule has 30 heavy (non-hydrogen) atoms. The first-order valence-corrected chi connectivity index (χ1v) is 9.77. The van der Waals surface area contributed by atoms with Gasteiger partial charge >= 0.3 is 0 Å². The number of nitrogens with zero attached hydrogens (tertiary/aromatic N) is 4. The van der Waals surface area contributed by atoms with E-state index in [1.54, 1.807) is 31.5 Å². The minimum Gasteiger partial charge on any atom is -0.507 e. The van der Waals surface area contributed by atoms with E-state index in [0.29, 0.717) is 23.8 Å². The summed E-state index contributed by atoms with van der Waals surface area (Å²) in [4.78, 5) is 11.2. The van der Waals surface area contributed by atoms with E-state index in [1.807, 2.05) is 18.2 Å². The molecule has 1 unspecified atom stereocenters. The lowest BCUT2D eigenvalue weighted by Crippen LogP contribution is -2.52. The van der Waals surface area contributed by atoms with E-state index in [0.717, 1.165) is 24.3 Å². The highest BCUT2D eigenvalue weighted by atomic mass is 16.5. The van der Waals surface area contributed by atoms with E-state index in [1.165, 1.54) is 11.6 Å². The van der Waals surface area contributed by atoms with E-state index in [2.05, 4.69) is 39.2 Å². The van der Waals surface area contributed by atoms with Gasteiger partial charge in [-0.2, -0.15) is 5.26 Å². The molecule has 2 N–H and O–H groups in total. The topological polar surface area (TPSA) is 94.3 Å². The van der Waals surface area contributed by atoms with Crippen molar-refractivity contribution >= 4 is 11.6 Å². The highest BCUT2D eigenvalue weighted by molar-refractivity contribution is 5.65. The average Bonchev–Trinajstić information content (AvgIpc) is 2.74. The highest BCUT2D eigenvalue weighted by Crippen LogP contribution is 2.28. The van der Waals surface area contributed by atoms with Crippen LogP contribution in [0.4, 0.5) is 11.6 Å². The molecule has 1 aliphatic rings. The van der Waals surface area contributed by atoms with Crippen LogP contribution in [0.15, 0.2) is 54.7 Å². The Hall–Kier alpha value is -3.47. The van der Waals surface area contributed by atoms with Gasteiger partial charge < -0.3 is 15.2 Å². The first-order chi connectivity index (χ1) is 14.6. The SMILES string of the molecule is COC1CN(C(C)c2ccc(Nc3nccc(-c4ccc(O)c(C#N)c4)n3)cc2)C1. The van der Waals surface area contributed by atoms with Crippen molar-refractivity contribution in [2.45, 2.75) is 19.1 Å². The lowest BCUT2D eigenvalue weighted by atomic mass is 10.0. The van der Waals surface area contributed by atoms with Gasteiger partial charge in [0.1, 0.15) is 11.8 Å². The number of phenolic OH excluding ortho intramolecular Hbond substituents is 1. The fourth-order valence-electron chi connectivity index (χ4n) is 3.48. The van der Waals surface area contributed by atoms with E-state index < -0.39 is 0 Å². The zero-order valence-electron chi connectivity index (χ0n) is 16.9. The van der Waals surface area contributed by atoms with Gasteiger partial charge in [-0.15, -0.1) is 0 Å². The number of aromatic hydroxyl groups is 1. The summed E-state index contributed by atoms with van der Waals surface area (Å²) in [7, 11) is 1.76. The van der Waals surface area contributed by atoms with Gasteiger partial charge in [-0.3, -0.25) is 4.90 Å². The summed E-state index contributed by atoms with van der Waals surface area (Å²) in [5, 5.41) is 22.0. The van der Waals surface area contributed by atoms with Crippen LogP contribution in [0.3, 0.4) is 0 Å². The second-order valence-electron chi connectivity index (χ2n) is 7.34. The number of rotatable bonds is 6. The van der Waals surface area contributed by atoms with Crippen LogP contribution in [0.1, 0.15) is 24.1 Å². The number of methoxy groups -OCH3 is 1. The standard InChI is InChI=1S/C23H23N5O2/c1-15(28-13-20(14-28)30-2)16-3-6-19(7-4-16)26-23-25-10-9-21(27-23)17-5-8-22(29)18(11-17)12-24/h3-11,15,20,29H,13-14H2,1-2H3,(H,25,26,27). The van der Waals surface area contributed by atoms with E-state index >= 15 is 0 Å².